The molecule has 10 N–H and O–H groups in total. The average Bonchev–Trinajstić information content (AvgIpc) is 3.24. The van der Waals surface area contributed by atoms with E-state index in [1.54, 1.807) is 62.3 Å². The Balaban J connectivity index is 1.65. The first-order chi connectivity index (χ1) is 33.3. The van der Waals surface area contributed by atoms with Crippen LogP contribution < -0.4 is 31.9 Å². The first kappa shape index (κ1) is 59.4. The van der Waals surface area contributed by atoms with Gasteiger partial charge in [-0.15, -0.1) is 0 Å². The molecule has 0 aromatic heterocycles. The topological polar surface area (TPSA) is 355 Å². The molecule has 1 saturated carbocycles. The molecule has 2 aliphatic heterocycles. The predicted octanol–water partition coefficient (Wildman–Crippen LogP) is 1.46. The number of non-ortho nitro benzene ring substituents is 1. The van der Waals surface area contributed by atoms with Crippen LogP contribution in [0.3, 0.4) is 0 Å². The summed E-state index contributed by atoms with van der Waals surface area (Å²) in [4.78, 5) is 76.0. The van der Waals surface area contributed by atoms with Crippen molar-refractivity contribution >= 4 is 36.0 Å². The van der Waals surface area contributed by atoms with Crippen molar-refractivity contribution in [2.75, 3.05) is 26.7 Å². The van der Waals surface area contributed by atoms with Gasteiger partial charge in [0.25, 0.3) is 5.69 Å². The third-order valence-corrected chi connectivity index (χ3v) is 11.3. The van der Waals surface area contributed by atoms with E-state index in [0.29, 0.717) is 5.56 Å². The van der Waals surface area contributed by atoms with Crippen LogP contribution in [0, 0.1) is 10.1 Å². The number of carbonyl (C=O) groups is 5. The average molecular weight is 1030 g/mol. The molecule has 1 aromatic carbocycles. The monoisotopic (exact) mass is 1030 g/mol. The summed E-state index contributed by atoms with van der Waals surface area (Å²) in [5.74, 6) is -0.970. The summed E-state index contributed by atoms with van der Waals surface area (Å²) in [5.41, 5.74) is -3.97. The van der Waals surface area contributed by atoms with Gasteiger partial charge in [-0.1, -0.05) is 0 Å². The molecule has 13 unspecified atom stereocenters. The fourth-order valence-corrected chi connectivity index (χ4v) is 8.05. The van der Waals surface area contributed by atoms with E-state index >= 15 is 0 Å². The Hall–Kier alpha value is -5.19. The Bertz CT molecular complexity index is 1990. The number of nitro groups is 1. The maximum atomic E-state index is 13.7. The number of hydrogen-bond acceptors (Lipinski definition) is 20. The van der Waals surface area contributed by atoms with Crippen molar-refractivity contribution in [2.24, 2.45) is 0 Å². The van der Waals surface area contributed by atoms with E-state index in [2.05, 4.69) is 31.9 Å². The number of benzene rings is 1. The Kier molecular flexibility index (Phi) is 20.8. The number of nitrogens with one attached hydrogen (secondary N) is 6. The van der Waals surface area contributed by atoms with Crippen molar-refractivity contribution < 1.29 is 87.2 Å². The van der Waals surface area contributed by atoms with E-state index in [0.717, 1.165) is 0 Å². The van der Waals surface area contributed by atoms with Gasteiger partial charge in [0.05, 0.1) is 41.8 Å². The zero-order valence-corrected chi connectivity index (χ0v) is 42.8. The number of aliphatic hydroxyl groups excluding tert-OH is 3. The van der Waals surface area contributed by atoms with E-state index in [9.17, 15) is 54.5 Å². The summed E-state index contributed by atoms with van der Waals surface area (Å²) in [7, 11) is 1.50. The molecule has 26 nitrogen and oxygen atoms in total. The van der Waals surface area contributed by atoms with Gasteiger partial charge in [0.15, 0.2) is 12.6 Å². The number of nitro benzene ring substituents is 1. The van der Waals surface area contributed by atoms with Crippen molar-refractivity contribution in [3.63, 3.8) is 0 Å². The molecule has 408 valence electrons. The first-order valence-corrected chi connectivity index (χ1v) is 23.8. The highest BCUT2D eigenvalue weighted by Crippen LogP contribution is 2.34. The van der Waals surface area contributed by atoms with Gasteiger partial charge in [-0.25, -0.2) is 19.2 Å². The van der Waals surface area contributed by atoms with Crippen molar-refractivity contribution in [1.82, 2.24) is 31.9 Å². The molecule has 4 rings (SSSR count). The number of likely N-dealkylation sites (N-methyl/N-ethyl adjacent to an activating group) is 1. The van der Waals surface area contributed by atoms with Gasteiger partial charge in [-0.3, -0.25) is 14.9 Å². The number of nitrogens with zero attached hydrogens (tertiary/aromatic N) is 1. The molecule has 2 heterocycles. The highest BCUT2D eigenvalue weighted by molar-refractivity contribution is 5.81. The van der Waals surface area contributed by atoms with E-state index in [4.69, 9.17) is 37.9 Å². The molecular formula is C46H75N7O19. The zero-order valence-electron chi connectivity index (χ0n) is 42.8. The third kappa shape index (κ3) is 18.7. The normalized spacial score (nSPS) is 29.3. The summed E-state index contributed by atoms with van der Waals surface area (Å²) < 4.78 is 46.6. The summed E-state index contributed by atoms with van der Waals surface area (Å²) in [6, 6.07) is 0.859. The highest BCUT2D eigenvalue weighted by atomic mass is 16.7. The van der Waals surface area contributed by atoms with Crippen LogP contribution in [-0.4, -0.2) is 178 Å². The van der Waals surface area contributed by atoms with Crippen LogP contribution in [0.4, 0.5) is 24.9 Å². The minimum Gasteiger partial charge on any atom is -0.445 e. The lowest BCUT2D eigenvalue weighted by Crippen LogP contribution is -2.70. The Morgan fingerprint density at radius 3 is 1.88 bits per heavy atom. The zero-order chi connectivity index (χ0) is 53.9. The molecule has 3 fully saturated rings. The van der Waals surface area contributed by atoms with Gasteiger partial charge in [0, 0.05) is 25.2 Å². The number of rotatable bonds is 17. The van der Waals surface area contributed by atoms with Gasteiger partial charge in [-0.2, -0.15) is 0 Å². The molecular weight excluding hydrogens is 955 g/mol. The minimum absolute atomic E-state index is 0.135. The maximum absolute atomic E-state index is 13.7. The maximum Gasteiger partial charge on any atom is 0.408 e. The summed E-state index contributed by atoms with van der Waals surface area (Å²) in [5, 5.41) is 73.0. The van der Waals surface area contributed by atoms with E-state index in [1.807, 2.05) is 0 Å². The smallest absolute Gasteiger partial charge is 0.408 e. The molecule has 26 heteroatoms. The predicted molar refractivity (Wildman–Crippen MR) is 252 cm³/mol. The van der Waals surface area contributed by atoms with Crippen molar-refractivity contribution in [3.8, 4) is 0 Å². The number of hydrogen-bond donors (Lipinski definition) is 10. The fraction of sp³-hybridized carbons (Fsp3) is 0.761. The molecule has 1 aliphatic carbocycles. The van der Waals surface area contributed by atoms with Crippen LogP contribution >= 0.6 is 0 Å². The number of aliphatic hydroxyl groups is 4. The number of carbonyl (C=O) groups excluding carboxylic acids is 5. The molecule has 13 atom stereocenters. The summed E-state index contributed by atoms with van der Waals surface area (Å²) in [6.45, 7) is 15.4. The van der Waals surface area contributed by atoms with Crippen molar-refractivity contribution in [2.45, 2.75) is 197 Å². The molecule has 0 bridgehead atoms. The van der Waals surface area contributed by atoms with E-state index in [1.165, 1.54) is 38.2 Å². The van der Waals surface area contributed by atoms with Gasteiger partial charge < -0.3 is 90.2 Å². The second-order valence-corrected chi connectivity index (χ2v) is 21.2. The van der Waals surface area contributed by atoms with Gasteiger partial charge >= 0.3 is 24.4 Å². The van der Waals surface area contributed by atoms with Gasteiger partial charge in [-0.05, 0) is 120 Å². The highest BCUT2D eigenvalue weighted by Gasteiger charge is 2.53. The molecule has 0 radical (unpaired) electrons. The second-order valence-electron chi connectivity index (χ2n) is 21.2. The third-order valence-electron chi connectivity index (χ3n) is 11.3. The standard InChI is InChI=1S/C46H75N7O19/c1-43(2,3)70-40(59)48-19-18-30(54)36(57)50-28-20-29(52-42(61)72-45(7,8)9)34(31(55)33(28)69-38-32(56)35(47-11)46(10,62)23-66-38)68-37-27(51-41(60)71-44(4,5)6)17-16-26(67-37)21-49-39(58)65-22-24-12-14-25(15-13-24)53(63)64/h12-15,26-35,37-38,47,54-56,62H,16-23H2,1-11H3,(H,48,59)(H,49,58)(H,50,57)(H,51,60)(H,52,61). The van der Waals surface area contributed by atoms with Crippen molar-refractivity contribution in [3.05, 3.63) is 39.9 Å². The van der Waals surface area contributed by atoms with Gasteiger partial charge in [0.2, 0.25) is 5.91 Å². The Morgan fingerprint density at radius 1 is 0.778 bits per heavy atom. The molecule has 72 heavy (non-hydrogen) atoms. The number of ether oxygens (including phenoxy) is 8. The molecule has 5 amide bonds. The van der Waals surface area contributed by atoms with Crippen LogP contribution in [0.25, 0.3) is 0 Å². The van der Waals surface area contributed by atoms with Crippen LogP contribution in [-0.2, 0) is 49.3 Å². The first-order valence-electron chi connectivity index (χ1n) is 23.8. The largest absolute Gasteiger partial charge is 0.445 e. The minimum atomic E-state index is -1.88. The van der Waals surface area contributed by atoms with Crippen LogP contribution in [0.15, 0.2) is 24.3 Å². The summed E-state index contributed by atoms with van der Waals surface area (Å²) in [6.07, 6.45) is -15.7. The Morgan fingerprint density at radius 2 is 1.32 bits per heavy atom. The molecule has 0 spiro atoms. The van der Waals surface area contributed by atoms with E-state index in [-0.39, 0.29) is 57.7 Å². The van der Waals surface area contributed by atoms with Crippen LogP contribution in [0.5, 0.6) is 0 Å². The SMILES string of the molecule is CNC1C(O)C(OC2C(NC(=O)C(O)CCNC(=O)OC(C)(C)C)CC(NC(=O)OC(C)(C)C)C(OC3OC(CNC(=O)OCc4ccc([N+](=O)[O-])cc4)CCC3NC(=O)OC(C)(C)C)C2O)OCC1(C)O. The second kappa shape index (κ2) is 25.2. The summed E-state index contributed by atoms with van der Waals surface area (Å²) >= 11 is 0. The lowest BCUT2D eigenvalue weighted by atomic mass is 9.82. The van der Waals surface area contributed by atoms with E-state index < -0.39 is 131 Å². The lowest BCUT2D eigenvalue weighted by Gasteiger charge is -2.49. The quantitative estimate of drug-likeness (QED) is 0.0600. The number of alkyl carbamates (subject to hydrolysis) is 4. The number of amides is 5. The van der Waals surface area contributed by atoms with Crippen LogP contribution in [0.1, 0.15) is 100 Å². The molecule has 3 aliphatic rings. The lowest BCUT2D eigenvalue weighted by molar-refractivity contribution is -0.384. The van der Waals surface area contributed by atoms with Crippen LogP contribution in [0.2, 0.25) is 0 Å². The fourth-order valence-electron chi connectivity index (χ4n) is 8.05. The van der Waals surface area contributed by atoms with Gasteiger partial charge in [0.1, 0.15) is 59.5 Å². The molecule has 2 saturated heterocycles. The van der Waals surface area contributed by atoms with Crippen molar-refractivity contribution in [1.29, 1.82) is 0 Å². The Labute approximate surface area is 418 Å². The molecule has 1 aromatic rings.